The van der Waals surface area contributed by atoms with Gasteiger partial charge in [0.05, 0.1) is 25.8 Å². The molecule has 2 rings (SSSR count). The van der Waals surface area contributed by atoms with E-state index in [9.17, 15) is 0 Å². The van der Waals surface area contributed by atoms with Crippen molar-refractivity contribution < 1.29 is 4.74 Å². The summed E-state index contributed by atoms with van der Waals surface area (Å²) in [6.07, 6.45) is 3.89. The van der Waals surface area contributed by atoms with Gasteiger partial charge in [0.15, 0.2) is 0 Å². The molecule has 0 fully saturated rings. The van der Waals surface area contributed by atoms with Crippen LogP contribution in [0.15, 0.2) is 36.7 Å². The van der Waals surface area contributed by atoms with Gasteiger partial charge in [-0.2, -0.15) is 10.4 Å². The number of nitriles is 1. The summed E-state index contributed by atoms with van der Waals surface area (Å²) in [6.45, 7) is 0. The number of benzene rings is 1. The van der Waals surface area contributed by atoms with E-state index in [4.69, 9.17) is 10.00 Å². The predicted octanol–water partition coefficient (Wildman–Crippen LogP) is 1.95. The Hall–Kier alpha value is -2.28. The fourth-order valence-corrected chi connectivity index (χ4v) is 1.49. The van der Waals surface area contributed by atoms with Gasteiger partial charge >= 0.3 is 0 Å². The van der Waals surface area contributed by atoms with Crippen LogP contribution in [0.1, 0.15) is 5.56 Å². The Kier molecular flexibility index (Phi) is 2.88. The summed E-state index contributed by atoms with van der Waals surface area (Å²) in [5, 5.41) is 12.8. The SMILES string of the molecule is COc1ccccc1-n1cc(CC#N)cn1. The molecule has 1 heterocycles. The lowest BCUT2D eigenvalue weighted by Gasteiger charge is -2.07. The van der Waals surface area contributed by atoms with Crippen molar-refractivity contribution >= 4 is 0 Å². The smallest absolute Gasteiger partial charge is 0.144 e. The van der Waals surface area contributed by atoms with Crippen LogP contribution in [-0.4, -0.2) is 16.9 Å². The first-order chi connectivity index (χ1) is 7.85. The number of nitrogens with zero attached hydrogens (tertiary/aromatic N) is 3. The highest BCUT2D eigenvalue weighted by molar-refractivity contribution is 5.46. The molecule has 0 aliphatic rings. The van der Waals surface area contributed by atoms with Crippen molar-refractivity contribution in [3.8, 4) is 17.5 Å². The molecule has 0 aliphatic heterocycles. The van der Waals surface area contributed by atoms with Crippen molar-refractivity contribution in [2.75, 3.05) is 7.11 Å². The van der Waals surface area contributed by atoms with E-state index < -0.39 is 0 Å². The second kappa shape index (κ2) is 4.49. The highest BCUT2D eigenvalue weighted by Crippen LogP contribution is 2.21. The van der Waals surface area contributed by atoms with Gasteiger partial charge in [-0.05, 0) is 12.1 Å². The molecule has 4 heteroatoms. The lowest BCUT2D eigenvalue weighted by Crippen LogP contribution is -1.97. The third kappa shape index (κ3) is 1.89. The number of rotatable bonds is 3. The molecule has 0 saturated heterocycles. The van der Waals surface area contributed by atoms with Crippen LogP contribution in [0, 0.1) is 11.3 Å². The molecule has 16 heavy (non-hydrogen) atoms. The quantitative estimate of drug-likeness (QED) is 0.783. The molecule has 1 aromatic heterocycles. The third-order valence-electron chi connectivity index (χ3n) is 2.25. The fourth-order valence-electron chi connectivity index (χ4n) is 1.49. The molecule has 1 aromatic carbocycles. The summed E-state index contributed by atoms with van der Waals surface area (Å²) < 4.78 is 6.96. The standard InChI is InChI=1S/C12H11N3O/c1-16-12-5-3-2-4-11(12)15-9-10(6-7-13)8-14-15/h2-5,8-9H,6H2,1H3. The minimum absolute atomic E-state index is 0.370. The van der Waals surface area contributed by atoms with Gasteiger partial charge in [-0.15, -0.1) is 0 Å². The van der Waals surface area contributed by atoms with Crippen LogP contribution >= 0.6 is 0 Å². The minimum atomic E-state index is 0.370. The summed E-state index contributed by atoms with van der Waals surface area (Å²) in [7, 11) is 1.62. The zero-order chi connectivity index (χ0) is 11.4. The highest BCUT2D eigenvalue weighted by atomic mass is 16.5. The van der Waals surface area contributed by atoms with E-state index in [1.807, 2.05) is 30.5 Å². The summed E-state index contributed by atoms with van der Waals surface area (Å²) >= 11 is 0. The van der Waals surface area contributed by atoms with E-state index >= 15 is 0 Å². The molecular weight excluding hydrogens is 202 g/mol. The number of para-hydroxylation sites is 2. The van der Waals surface area contributed by atoms with Gasteiger partial charge in [-0.1, -0.05) is 12.1 Å². The Morgan fingerprint density at radius 2 is 2.25 bits per heavy atom. The van der Waals surface area contributed by atoms with Crippen LogP contribution in [0.3, 0.4) is 0 Å². The molecule has 0 amide bonds. The Morgan fingerprint density at radius 3 is 3.00 bits per heavy atom. The van der Waals surface area contributed by atoms with Gasteiger partial charge in [0.2, 0.25) is 0 Å². The zero-order valence-electron chi connectivity index (χ0n) is 8.92. The van der Waals surface area contributed by atoms with Gasteiger partial charge in [0.25, 0.3) is 0 Å². The Balaban J connectivity index is 2.39. The molecule has 0 saturated carbocycles. The van der Waals surface area contributed by atoms with Crippen LogP contribution in [0.2, 0.25) is 0 Å². The number of hydrogen-bond acceptors (Lipinski definition) is 3. The highest BCUT2D eigenvalue weighted by Gasteiger charge is 2.05. The maximum Gasteiger partial charge on any atom is 0.144 e. The Bertz CT molecular complexity index is 525. The lowest BCUT2D eigenvalue weighted by molar-refractivity contribution is 0.411. The van der Waals surface area contributed by atoms with E-state index in [1.165, 1.54) is 0 Å². The van der Waals surface area contributed by atoms with Gasteiger partial charge in [-0.25, -0.2) is 4.68 Å². The van der Waals surface area contributed by atoms with Crippen LogP contribution in [0.25, 0.3) is 5.69 Å². The third-order valence-corrected chi connectivity index (χ3v) is 2.25. The predicted molar refractivity (Wildman–Crippen MR) is 59.4 cm³/mol. The van der Waals surface area contributed by atoms with Crippen molar-refractivity contribution in [3.63, 3.8) is 0 Å². The summed E-state index contributed by atoms with van der Waals surface area (Å²) in [5.41, 5.74) is 1.77. The minimum Gasteiger partial charge on any atom is -0.494 e. The molecular formula is C12H11N3O. The van der Waals surface area contributed by atoms with Crippen molar-refractivity contribution in [2.45, 2.75) is 6.42 Å². The largest absolute Gasteiger partial charge is 0.494 e. The van der Waals surface area contributed by atoms with Crippen molar-refractivity contribution in [2.24, 2.45) is 0 Å². The zero-order valence-corrected chi connectivity index (χ0v) is 8.92. The number of methoxy groups -OCH3 is 1. The molecule has 0 aliphatic carbocycles. The molecule has 0 N–H and O–H groups in total. The molecule has 0 radical (unpaired) electrons. The first-order valence-corrected chi connectivity index (χ1v) is 4.89. The molecule has 0 atom stereocenters. The van der Waals surface area contributed by atoms with Crippen LogP contribution in [-0.2, 0) is 6.42 Å². The maximum absolute atomic E-state index is 8.59. The first kappa shape index (κ1) is 10.2. The van der Waals surface area contributed by atoms with E-state index in [-0.39, 0.29) is 0 Å². The number of aromatic nitrogens is 2. The average molecular weight is 213 g/mol. The van der Waals surface area contributed by atoms with Crippen LogP contribution < -0.4 is 4.74 Å². The Labute approximate surface area is 93.7 Å². The van der Waals surface area contributed by atoms with Crippen molar-refractivity contribution in [1.82, 2.24) is 9.78 Å². The maximum atomic E-state index is 8.59. The number of hydrogen-bond donors (Lipinski definition) is 0. The van der Waals surface area contributed by atoms with Crippen LogP contribution in [0.5, 0.6) is 5.75 Å². The molecule has 80 valence electrons. The second-order valence-corrected chi connectivity index (χ2v) is 3.30. The van der Waals surface area contributed by atoms with E-state index in [0.717, 1.165) is 17.0 Å². The van der Waals surface area contributed by atoms with Crippen molar-refractivity contribution in [1.29, 1.82) is 5.26 Å². The molecule has 2 aromatic rings. The topological polar surface area (TPSA) is 50.8 Å². The fraction of sp³-hybridized carbons (Fsp3) is 0.167. The van der Waals surface area contributed by atoms with Gasteiger partial charge < -0.3 is 4.74 Å². The van der Waals surface area contributed by atoms with E-state index in [2.05, 4.69) is 11.2 Å². The van der Waals surface area contributed by atoms with Gasteiger partial charge in [-0.3, -0.25) is 0 Å². The Morgan fingerprint density at radius 1 is 1.44 bits per heavy atom. The van der Waals surface area contributed by atoms with Crippen LogP contribution in [0.4, 0.5) is 0 Å². The van der Waals surface area contributed by atoms with E-state index in [0.29, 0.717) is 6.42 Å². The summed E-state index contributed by atoms with van der Waals surface area (Å²) in [5.74, 6) is 0.758. The van der Waals surface area contributed by atoms with Crippen molar-refractivity contribution in [3.05, 3.63) is 42.2 Å². The normalized spacial score (nSPS) is 9.75. The summed E-state index contributed by atoms with van der Waals surface area (Å²) in [4.78, 5) is 0. The molecule has 4 nitrogen and oxygen atoms in total. The molecule has 0 unspecified atom stereocenters. The lowest BCUT2D eigenvalue weighted by atomic mass is 10.3. The number of ether oxygens (including phenoxy) is 1. The monoisotopic (exact) mass is 213 g/mol. The van der Waals surface area contributed by atoms with Gasteiger partial charge in [0, 0.05) is 11.8 Å². The first-order valence-electron chi connectivity index (χ1n) is 4.89. The molecule has 0 bridgehead atoms. The average Bonchev–Trinajstić information content (AvgIpc) is 2.78. The summed E-state index contributed by atoms with van der Waals surface area (Å²) in [6, 6.07) is 9.71. The molecule has 0 spiro atoms. The second-order valence-electron chi connectivity index (χ2n) is 3.30. The van der Waals surface area contributed by atoms with Gasteiger partial charge in [0.1, 0.15) is 11.4 Å². The van der Waals surface area contributed by atoms with E-state index in [1.54, 1.807) is 18.0 Å².